The van der Waals surface area contributed by atoms with Crippen LogP contribution in [0.15, 0.2) is 24.3 Å². The topological polar surface area (TPSA) is 87.5 Å². The maximum atomic E-state index is 12.3. The Morgan fingerprint density at radius 2 is 2.08 bits per heavy atom. The van der Waals surface area contributed by atoms with Crippen molar-refractivity contribution in [3.8, 4) is 6.07 Å². The standard InChI is InChI=1S/C17H22N2O4S/c1-2-19(10-16-7-8-23-11-16)17(20)13-24(21,22)12-15-5-3-14(9-18)4-6-15/h3-6,16H,2,7-8,10-13H2,1H3. The van der Waals surface area contributed by atoms with Crippen molar-refractivity contribution in [2.24, 2.45) is 5.92 Å². The Balaban J connectivity index is 1.95. The minimum absolute atomic E-state index is 0.200. The molecule has 1 amide bonds. The molecule has 1 heterocycles. The molecule has 1 aromatic carbocycles. The lowest BCUT2D eigenvalue weighted by atomic mass is 10.1. The van der Waals surface area contributed by atoms with Crippen LogP contribution in [0.25, 0.3) is 0 Å². The highest BCUT2D eigenvalue weighted by Crippen LogP contribution is 2.15. The first-order valence-electron chi connectivity index (χ1n) is 7.98. The highest BCUT2D eigenvalue weighted by atomic mass is 32.2. The van der Waals surface area contributed by atoms with E-state index in [1.807, 2.05) is 13.0 Å². The highest BCUT2D eigenvalue weighted by Gasteiger charge is 2.25. The normalized spacial score (nSPS) is 17.4. The summed E-state index contributed by atoms with van der Waals surface area (Å²) in [7, 11) is -3.55. The number of carbonyl (C=O) groups is 1. The molecule has 0 aromatic heterocycles. The van der Waals surface area contributed by atoms with Crippen LogP contribution in [-0.4, -0.2) is 51.3 Å². The van der Waals surface area contributed by atoms with Gasteiger partial charge in [-0.1, -0.05) is 12.1 Å². The molecule has 1 fully saturated rings. The van der Waals surface area contributed by atoms with E-state index in [0.717, 1.165) is 6.42 Å². The minimum Gasteiger partial charge on any atom is -0.381 e. The molecule has 0 radical (unpaired) electrons. The fraction of sp³-hybridized carbons (Fsp3) is 0.529. The van der Waals surface area contributed by atoms with E-state index in [9.17, 15) is 13.2 Å². The smallest absolute Gasteiger partial charge is 0.237 e. The van der Waals surface area contributed by atoms with Crippen molar-refractivity contribution >= 4 is 15.7 Å². The van der Waals surface area contributed by atoms with Gasteiger partial charge < -0.3 is 9.64 Å². The van der Waals surface area contributed by atoms with E-state index < -0.39 is 15.6 Å². The van der Waals surface area contributed by atoms with E-state index in [4.69, 9.17) is 10.00 Å². The summed E-state index contributed by atoms with van der Waals surface area (Å²) in [6.45, 7) is 4.21. The van der Waals surface area contributed by atoms with Crippen LogP contribution in [0.2, 0.25) is 0 Å². The third-order valence-electron chi connectivity index (χ3n) is 4.05. The van der Waals surface area contributed by atoms with Crippen molar-refractivity contribution in [3.05, 3.63) is 35.4 Å². The highest BCUT2D eigenvalue weighted by molar-refractivity contribution is 7.91. The summed E-state index contributed by atoms with van der Waals surface area (Å²) >= 11 is 0. The van der Waals surface area contributed by atoms with E-state index in [1.54, 1.807) is 29.2 Å². The third-order valence-corrected chi connectivity index (χ3v) is 5.51. The number of sulfone groups is 1. The molecular weight excluding hydrogens is 328 g/mol. The zero-order valence-electron chi connectivity index (χ0n) is 13.8. The molecule has 1 atom stereocenters. The predicted molar refractivity (Wildman–Crippen MR) is 89.8 cm³/mol. The summed E-state index contributed by atoms with van der Waals surface area (Å²) < 4.78 is 29.9. The van der Waals surface area contributed by atoms with E-state index >= 15 is 0 Å². The summed E-state index contributed by atoms with van der Waals surface area (Å²) in [5, 5.41) is 8.76. The van der Waals surface area contributed by atoms with Gasteiger partial charge in [0.15, 0.2) is 9.84 Å². The Labute approximate surface area is 142 Å². The molecule has 0 saturated carbocycles. The second-order valence-electron chi connectivity index (χ2n) is 6.00. The zero-order valence-corrected chi connectivity index (χ0v) is 14.6. The van der Waals surface area contributed by atoms with Crippen LogP contribution in [0.1, 0.15) is 24.5 Å². The maximum absolute atomic E-state index is 12.3. The predicted octanol–water partition coefficient (Wildman–Crippen LogP) is 1.36. The average Bonchev–Trinajstić information content (AvgIpc) is 3.05. The van der Waals surface area contributed by atoms with Gasteiger partial charge in [-0.2, -0.15) is 5.26 Å². The molecule has 6 nitrogen and oxygen atoms in total. The second-order valence-corrected chi connectivity index (χ2v) is 8.07. The van der Waals surface area contributed by atoms with Crippen molar-refractivity contribution in [1.82, 2.24) is 4.90 Å². The lowest BCUT2D eigenvalue weighted by Crippen LogP contribution is -2.39. The van der Waals surface area contributed by atoms with Crippen LogP contribution < -0.4 is 0 Å². The Morgan fingerprint density at radius 1 is 1.38 bits per heavy atom. The van der Waals surface area contributed by atoms with Crippen molar-refractivity contribution < 1.29 is 17.9 Å². The number of carbonyl (C=O) groups excluding carboxylic acids is 1. The van der Waals surface area contributed by atoms with Gasteiger partial charge in [0.05, 0.1) is 24.0 Å². The number of rotatable bonds is 7. The Morgan fingerprint density at radius 3 is 2.62 bits per heavy atom. The molecule has 2 rings (SSSR count). The second kappa shape index (κ2) is 8.27. The first-order valence-corrected chi connectivity index (χ1v) is 9.80. The molecular formula is C17H22N2O4S. The molecule has 24 heavy (non-hydrogen) atoms. The van der Waals surface area contributed by atoms with Crippen LogP contribution >= 0.6 is 0 Å². The molecule has 0 N–H and O–H groups in total. The molecule has 0 bridgehead atoms. The van der Waals surface area contributed by atoms with Gasteiger partial charge in [0.2, 0.25) is 5.91 Å². The van der Waals surface area contributed by atoms with Crippen molar-refractivity contribution in [1.29, 1.82) is 5.26 Å². The molecule has 1 aliphatic heterocycles. The summed E-state index contributed by atoms with van der Waals surface area (Å²) in [5.74, 6) is -0.767. The van der Waals surface area contributed by atoms with Crippen molar-refractivity contribution in [2.45, 2.75) is 19.1 Å². The number of nitriles is 1. The first-order chi connectivity index (χ1) is 11.4. The monoisotopic (exact) mass is 350 g/mol. The molecule has 1 aromatic rings. The summed E-state index contributed by atoms with van der Waals surface area (Å²) in [5.41, 5.74) is 1.05. The molecule has 130 valence electrons. The van der Waals surface area contributed by atoms with E-state index in [2.05, 4.69) is 0 Å². The van der Waals surface area contributed by atoms with Gasteiger partial charge >= 0.3 is 0 Å². The van der Waals surface area contributed by atoms with Gasteiger partial charge in [0.1, 0.15) is 5.75 Å². The first kappa shape index (κ1) is 18.4. The van der Waals surface area contributed by atoms with Crippen LogP contribution in [0, 0.1) is 17.2 Å². The summed E-state index contributed by atoms with van der Waals surface area (Å²) in [6.07, 6.45) is 0.905. The van der Waals surface area contributed by atoms with E-state index in [0.29, 0.717) is 37.4 Å². The number of ether oxygens (including phenoxy) is 1. The van der Waals surface area contributed by atoms with Crippen molar-refractivity contribution in [3.63, 3.8) is 0 Å². The average molecular weight is 350 g/mol. The lowest BCUT2D eigenvalue weighted by molar-refractivity contribution is -0.128. The van der Waals surface area contributed by atoms with Crippen LogP contribution in [0.5, 0.6) is 0 Å². The molecule has 1 aliphatic rings. The van der Waals surface area contributed by atoms with Crippen LogP contribution in [0.3, 0.4) is 0 Å². The van der Waals surface area contributed by atoms with Gasteiger partial charge in [0, 0.05) is 25.6 Å². The SMILES string of the molecule is CCN(CC1CCOC1)C(=O)CS(=O)(=O)Cc1ccc(C#N)cc1. The Bertz CT molecular complexity index is 701. The maximum Gasteiger partial charge on any atom is 0.237 e. The largest absolute Gasteiger partial charge is 0.381 e. The zero-order chi connectivity index (χ0) is 17.6. The molecule has 7 heteroatoms. The van der Waals surface area contributed by atoms with Gasteiger partial charge in [-0.3, -0.25) is 4.79 Å². The molecule has 1 unspecified atom stereocenters. The van der Waals surface area contributed by atoms with Gasteiger partial charge in [-0.15, -0.1) is 0 Å². The van der Waals surface area contributed by atoms with E-state index in [1.165, 1.54) is 0 Å². The van der Waals surface area contributed by atoms with Crippen LogP contribution in [-0.2, 0) is 25.1 Å². The molecule has 1 saturated heterocycles. The van der Waals surface area contributed by atoms with Gasteiger partial charge in [0.25, 0.3) is 0 Å². The Kier molecular flexibility index (Phi) is 6.35. The lowest BCUT2D eigenvalue weighted by Gasteiger charge is -2.23. The third kappa shape index (κ3) is 5.32. The Hall–Kier alpha value is -1.91. The van der Waals surface area contributed by atoms with Crippen LogP contribution in [0.4, 0.5) is 0 Å². The molecule has 0 aliphatic carbocycles. The minimum atomic E-state index is -3.55. The number of nitrogens with zero attached hydrogens (tertiary/aromatic N) is 2. The number of hydrogen-bond acceptors (Lipinski definition) is 5. The fourth-order valence-corrected chi connectivity index (χ4v) is 4.07. The summed E-state index contributed by atoms with van der Waals surface area (Å²) in [6, 6.07) is 8.35. The van der Waals surface area contributed by atoms with Crippen molar-refractivity contribution in [2.75, 3.05) is 32.1 Å². The van der Waals surface area contributed by atoms with Gasteiger partial charge in [-0.25, -0.2) is 8.42 Å². The summed E-state index contributed by atoms with van der Waals surface area (Å²) in [4.78, 5) is 13.9. The quantitative estimate of drug-likeness (QED) is 0.741. The fourth-order valence-electron chi connectivity index (χ4n) is 2.71. The number of benzene rings is 1. The van der Waals surface area contributed by atoms with Gasteiger partial charge in [-0.05, 0) is 31.0 Å². The number of amides is 1. The number of hydrogen-bond donors (Lipinski definition) is 0. The molecule has 0 spiro atoms. The van der Waals surface area contributed by atoms with E-state index in [-0.39, 0.29) is 17.6 Å².